The van der Waals surface area contributed by atoms with Gasteiger partial charge in [0.05, 0.1) is 18.2 Å². The minimum Gasteiger partial charge on any atom is -0.393 e. The first kappa shape index (κ1) is 29.1. The van der Waals surface area contributed by atoms with Crippen LogP contribution in [0.2, 0.25) is 0 Å². The van der Waals surface area contributed by atoms with Crippen LogP contribution in [0.4, 0.5) is 5.69 Å². The third-order valence-electron chi connectivity index (χ3n) is 7.67. The van der Waals surface area contributed by atoms with Gasteiger partial charge in [0, 0.05) is 11.3 Å². The summed E-state index contributed by atoms with van der Waals surface area (Å²) in [5, 5.41) is 30.3. The molecule has 4 N–H and O–H groups in total. The molecule has 0 fully saturated rings. The van der Waals surface area contributed by atoms with Gasteiger partial charge in [-0.25, -0.2) is 0 Å². The van der Waals surface area contributed by atoms with Gasteiger partial charge in [0.25, 0.3) is 0 Å². The summed E-state index contributed by atoms with van der Waals surface area (Å²) >= 11 is 0. The molecule has 2 heterocycles. The van der Waals surface area contributed by atoms with Crippen LogP contribution in [-0.2, 0) is 22.6 Å². The molecular weight excluding hydrogens is 530 g/mol. The zero-order chi connectivity index (χ0) is 29.7. The fourth-order valence-electron chi connectivity index (χ4n) is 5.20. The summed E-state index contributed by atoms with van der Waals surface area (Å²) in [6, 6.07) is 23.2. The average Bonchev–Trinajstić information content (AvgIpc) is 3.49. The third-order valence-corrected chi connectivity index (χ3v) is 7.67. The Morgan fingerprint density at radius 3 is 2.50 bits per heavy atom. The number of aromatic nitrogens is 4. The van der Waals surface area contributed by atoms with E-state index < -0.39 is 17.7 Å². The van der Waals surface area contributed by atoms with E-state index in [2.05, 4.69) is 31.3 Å². The highest BCUT2D eigenvalue weighted by Gasteiger charge is 2.35. The number of fused-ring (bicyclic) bond motifs is 1. The molecular formula is C32H37N7O3. The summed E-state index contributed by atoms with van der Waals surface area (Å²) in [7, 11) is 0. The molecule has 1 aromatic heterocycles. The Balaban J connectivity index is 1.36. The summed E-state index contributed by atoms with van der Waals surface area (Å²) in [5.41, 5.74) is 4.85. The fraction of sp³-hybridized carbons (Fsp3) is 0.344. The summed E-state index contributed by atoms with van der Waals surface area (Å²) in [6.07, 6.45) is 1.25. The van der Waals surface area contributed by atoms with Gasteiger partial charge in [0.1, 0.15) is 6.04 Å². The number of aliphatic hydroxyl groups excluding tert-OH is 1. The molecule has 0 radical (unpaired) electrons. The number of aliphatic hydroxyl groups is 1. The lowest BCUT2D eigenvalue weighted by atomic mass is 9.98. The predicted octanol–water partition coefficient (Wildman–Crippen LogP) is 3.64. The smallest absolute Gasteiger partial charge is 0.249 e. The van der Waals surface area contributed by atoms with E-state index in [4.69, 9.17) is 0 Å². The summed E-state index contributed by atoms with van der Waals surface area (Å²) in [5.74, 6) is 0.137. The van der Waals surface area contributed by atoms with Gasteiger partial charge in [0.2, 0.25) is 17.6 Å². The van der Waals surface area contributed by atoms with Crippen molar-refractivity contribution in [2.75, 3.05) is 11.4 Å². The number of nitrogens with zero attached hydrogens (tertiary/aromatic N) is 4. The third kappa shape index (κ3) is 6.56. The van der Waals surface area contributed by atoms with E-state index in [1.54, 1.807) is 25.7 Å². The Labute approximate surface area is 245 Å². The number of aryl methyl sites for hydroxylation is 1. The molecule has 4 aromatic rings. The van der Waals surface area contributed by atoms with E-state index >= 15 is 0 Å². The quantitative estimate of drug-likeness (QED) is 0.230. The highest BCUT2D eigenvalue weighted by Crippen LogP contribution is 2.32. The number of tetrazole rings is 1. The van der Waals surface area contributed by atoms with Crippen LogP contribution in [0.1, 0.15) is 44.7 Å². The van der Waals surface area contributed by atoms with Crippen molar-refractivity contribution < 1.29 is 14.7 Å². The van der Waals surface area contributed by atoms with E-state index in [0.29, 0.717) is 38.2 Å². The molecule has 42 heavy (non-hydrogen) atoms. The predicted molar refractivity (Wildman–Crippen MR) is 161 cm³/mol. The molecule has 0 bridgehead atoms. The second-order valence-electron chi connectivity index (χ2n) is 11.3. The van der Waals surface area contributed by atoms with Crippen molar-refractivity contribution in [3.8, 4) is 22.5 Å². The number of para-hydroxylation sites is 1. The van der Waals surface area contributed by atoms with Gasteiger partial charge in [0.15, 0.2) is 0 Å². The van der Waals surface area contributed by atoms with Gasteiger partial charge in [-0.3, -0.25) is 9.59 Å². The van der Waals surface area contributed by atoms with Gasteiger partial charge >= 0.3 is 0 Å². The van der Waals surface area contributed by atoms with Crippen molar-refractivity contribution in [2.24, 2.45) is 0 Å². The largest absolute Gasteiger partial charge is 0.393 e. The number of amides is 2. The Hall–Kier alpha value is -4.41. The summed E-state index contributed by atoms with van der Waals surface area (Å²) < 4.78 is 0. The Bertz CT molecular complexity index is 1520. The Morgan fingerprint density at radius 1 is 1.07 bits per heavy atom. The van der Waals surface area contributed by atoms with E-state index in [1.165, 1.54) is 0 Å². The lowest BCUT2D eigenvalue weighted by Crippen LogP contribution is -2.58. The molecule has 0 aliphatic carbocycles. The maximum Gasteiger partial charge on any atom is 0.249 e. The van der Waals surface area contributed by atoms with Crippen molar-refractivity contribution in [2.45, 2.75) is 64.3 Å². The number of nitrogens with one attached hydrogen (secondary N) is 3. The summed E-state index contributed by atoms with van der Waals surface area (Å²) in [4.78, 5) is 29.0. The number of hydrogen-bond donors (Lipinski definition) is 4. The molecule has 0 saturated heterocycles. The van der Waals surface area contributed by atoms with Crippen LogP contribution in [-0.4, -0.2) is 61.8 Å². The standard InChI is InChI=1S/C32H37N7O3/c1-21(40)18-19-33-32(2,3)31(42)34-27-17-16-24-8-4-7-11-28(24)39(30(27)41)20-22-12-14-23(15-13-22)25-9-5-6-10-26(25)29-35-37-38-36-29/h4-15,21,27,33,40H,16-20H2,1-3H3,(H,34,42)(H,35,36,37,38)/t21-,27-/m1/s1. The lowest BCUT2D eigenvalue weighted by molar-refractivity contribution is -0.131. The van der Waals surface area contributed by atoms with Crippen LogP contribution in [0.25, 0.3) is 22.5 Å². The van der Waals surface area contributed by atoms with Gasteiger partial charge < -0.3 is 20.6 Å². The van der Waals surface area contributed by atoms with Crippen molar-refractivity contribution in [1.82, 2.24) is 31.3 Å². The Kier molecular flexibility index (Phi) is 8.75. The molecule has 10 nitrogen and oxygen atoms in total. The van der Waals surface area contributed by atoms with Crippen molar-refractivity contribution in [3.05, 3.63) is 83.9 Å². The molecule has 2 amide bonds. The van der Waals surface area contributed by atoms with Crippen LogP contribution >= 0.6 is 0 Å². The Morgan fingerprint density at radius 2 is 1.79 bits per heavy atom. The molecule has 5 rings (SSSR count). The molecule has 10 heteroatoms. The van der Waals surface area contributed by atoms with Crippen molar-refractivity contribution in [1.29, 1.82) is 0 Å². The maximum absolute atomic E-state index is 14.0. The molecule has 3 aromatic carbocycles. The first-order valence-electron chi connectivity index (χ1n) is 14.3. The molecule has 0 unspecified atom stereocenters. The van der Waals surface area contributed by atoms with E-state index in [-0.39, 0.29) is 11.8 Å². The monoisotopic (exact) mass is 567 g/mol. The average molecular weight is 568 g/mol. The van der Waals surface area contributed by atoms with Crippen molar-refractivity contribution in [3.63, 3.8) is 0 Å². The number of aromatic amines is 1. The molecule has 1 aliphatic rings. The highest BCUT2D eigenvalue weighted by atomic mass is 16.3. The second kappa shape index (κ2) is 12.6. The molecule has 0 saturated carbocycles. The zero-order valence-corrected chi connectivity index (χ0v) is 24.2. The maximum atomic E-state index is 14.0. The van der Waals surface area contributed by atoms with Crippen LogP contribution in [0.3, 0.4) is 0 Å². The lowest BCUT2D eigenvalue weighted by Gasteiger charge is -2.30. The van der Waals surface area contributed by atoms with E-state index in [9.17, 15) is 14.7 Å². The molecule has 2 atom stereocenters. The minimum absolute atomic E-state index is 0.139. The van der Waals surface area contributed by atoms with E-state index in [1.807, 2.05) is 72.8 Å². The second-order valence-corrected chi connectivity index (χ2v) is 11.3. The first-order valence-corrected chi connectivity index (χ1v) is 14.3. The van der Waals surface area contributed by atoms with Crippen molar-refractivity contribution >= 4 is 17.5 Å². The topological polar surface area (TPSA) is 136 Å². The molecule has 1 aliphatic heterocycles. The number of benzene rings is 3. The number of anilines is 1. The number of carbonyl (C=O) groups excluding carboxylic acids is 2. The van der Waals surface area contributed by atoms with Crippen LogP contribution in [0, 0.1) is 0 Å². The van der Waals surface area contributed by atoms with Gasteiger partial charge in [-0.15, -0.1) is 10.2 Å². The van der Waals surface area contributed by atoms with Gasteiger partial charge in [-0.05, 0) is 80.1 Å². The molecule has 0 spiro atoms. The normalized spacial score (nSPS) is 16.0. The number of H-pyrrole nitrogens is 1. The van der Waals surface area contributed by atoms with Crippen LogP contribution < -0.4 is 15.5 Å². The highest BCUT2D eigenvalue weighted by molar-refractivity contribution is 6.01. The van der Waals surface area contributed by atoms with E-state index in [0.717, 1.165) is 33.5 Å². The summed E-state index contributed by atoms with van der Waals surface area (Å²) in [6.45, 7) is 6.15. The van der Waals surface area contributed by atoms with Crippen LogP contribution in [0.5, 0.6) is 0 Å². The number of carbonyl (C=O) groups is 2. The van der Waals surface area contributed by atoms with Crippen LogP contribution in [0.15, 0.2) is 72.8 Å². The minimum atomic E-state index is -0.896. The number of rotatable bonds is 10. The first-order chi connectivity index (χ1) is 20.2. The van der Waals surface area contributed by atoms with Gasteiger partial charge in [-0.1, -0.05) is 66.7 Å². The fourth-order valence-corrected chi connectivity index (χ4v) is 5.20. The number of hydrogen-bond acceptors (Lipinski definition) is 7. The van der Waals surface area contributed by atoms with Gasteiger partial charge in [-0.2, -0.15) is 5.21 Å². The molecule has 218 valence electrons. The SMILES string of the molecule is C[C@@H](O)CCNC(C)(C)C(=O)N[C@@H]1CCc2ccccc2N(Cc2ccc(-c3ccccc3-c3nn[nH]n3)cc2)C1=O. The zero-order valence-electron chi connectivity index (χ0n) is 24.2.